The first-order chi connectivity index (χ1) is 6.78. The maximum atomic E-state index is 11.6. The number of hydrogen-bond donors (Lipinski definition) is 1. The van der Waals surface area contributed by atoms with Crippen molar-refractivity contribution in [3.63, 3.8) is 0 Å². The van der Waals surface area contributed by atoms with Crippen LogP contribution in [-0.2, 0) is 4.74 Å². The molecular weight excluding hydrogens is 190 g/mol. The van der Waals surface area contributed by atoms with Crippen molar-refractivity contribution < 1.29 is 9.53 Å². The first-order valence-electron chi connectivity index (χ1n) is 5.79. The molecule has 1 amide bonds. The van der Waals surface area contributed by atoms with Gasteiger partial charge in [-0.05, 0) is 40.0 Å². The summed E-state index contributed by atoms with van der Waals surface area (Å²) in [5, 5.41) is 2.87. The summed E-state index contributed by atoms with van der Waals surface area (Å²) in [6.45, 7) is 12.0. The summed E-state index contributed by atoms with van der Waals surface area (Å²) in [5.41, 5.74) is -0.534. The van der Waals surface area contributed by atoms with Gasteiger partial charge in [-0.3, -0.25) is 0 Å². The van der Waals surface area contributed by atoms with Gasteiger partial charge in [0.1, 0.15) is 5.60 Å². The highest BCUT2D eigenvalue weighted by Gasteiger charge is 2.27. The van der Waals surface area contributed by atoms with Crippen molar-refractivity contribution in [2.75, 3.05) is 0 Å². The van der Waals surface area contributed by atoms with E-state index in [1.807, 2.05) is 41.5 Å². The van der Waals surface area contributed by atoms with Crippen molar-refractivity contribution >= 4 is 6.09 Å². The second-order valence-corrected chi connectivity index (χ2v) is 4.91. The Hall–Kier alpha value is -0.730. The smallest absolute Gasteiger partial charge is 0.408 e. The summed E-state index contributed by atoms with van der Waals surface area (Å²) in [5.74, 6) is 0. The molecule has 0 unspecified atom stereocenters. The van der Waals surface area contributed by atoms with Crippen LogP contribution >= 0.6 is 0 Å². The lowest BCUT2D eigenvalue weighted by Crippen LogP contribution is -2.46. The number of alkyl carbamates (subject to hydrolysis) is 1. The Balaban J connectivity index is 4.26. The molecular formula is C12H25NO2. The molecule has 0 aliphatic rings. The van der Waals surface area contributed by atoms with Crippen LogP contribution in [0.15, 0.2) is 0 Å². The molecule has 3 nitrogen and oxygen atoms in total. The second kappa shape index (κ2) is 5.38. The monoisotopic (exact) mass is 215 g/mol. The van der Waals surface area contributed by atoms with Crippen LogP contribution < -0.4 is 5.32 Å². The molecule has 0 saturated heterocycles. The van der Waals surface area contributed by atoms with E-state index in [9.17, 15) is 4.79 Å². The van der Waals surface area contributed by atoms with E-state index in [1.54, 1.807) is 0 Å². The van der Waals surface area contributed by atoms with E-state index in [-0.39, 0.29) is 17.2 Å². The van der Waals surface area contributed by atoms with Gasteiger partial charge in [0.05, 0.1) is 0 Å². The van der Waals surface area contributed by atoms with Crippen molar-refractivity contribution in [3.8, 4) is 0 Å². The van der Waals surface area contributed by atoms with Crippen molar-refractivity contribution in [2.45, 2.75) is 71.9 Å². The number of carbonyl (C=O) groups is 1. The van der Waals surface area contributed by atoms with Gasteiger partial charge in [-0.2, -0.15) is 0 Å². The Bertz CT molecular complexity index is 208. The lowest BCUT2D eigenvalue weighted by Gasteiger charge is -2.30. The van der Waals surface area contributed by atoms with Gasteiger partial charge >= 0.3 is 6.09 Å². The predicted molar refractivity (Wildman–Crippen MR) is 63.0 cm³/mol. The van der Waals surface area contributed by atoms with Crippen molar-refractivity contribution in [1.82, 2.24) is 5.32 Å². The molecule has 0 aliphatic heterocycles. The number of ether oxygens (including phenoxy) is 1. The van der Waals surface area contributed by atoms with E-state index in [0.717, 1.165) is 19.3 Å². The third kappa shape index (κ3) is 5.05. The average Bonchev–Trinajstić information content (AvgIpc) is 2.16. The van der Waals surface area contributed by atoms with Crippen LogP contribution in [0.2, 0.25) is 0 Å². The third-order valence-electron chi connectivity index (χ3n) is 3.16. The van der Waals surface area contributed by atoms with Crippen molar-refractivity contribution in [1.29, 1.82) is 0 Å². The number of nitrogens with one attached hydrogen (secondary N) is 1. The van der Waals surface area contributed by atoms with Gasteiger partial charge in [-0.1, -0.05) is 20.8 Å². The average molecular weight is 215 g/mol. The molecule has 1 N–H and O–H groups in total. The van der Waals surface area contributed by atoms with Crippen molar-refractivity contribution in [3.05, 3.63) is 0 Å². The van der Waals surface area contributed by atoms with E-state index in [1.165, 1.54) is 0 Å². The summed E-state index contributed by atoms with van der Waals surface area (Å²) in [4.78, 5) is 11.6. The molecule has 0 spiro atoms. The maximum Gasteiger partial charge on any atom is 0.408 e. The quantitative estimate of drug-likeness (QED) is 0.762. The van der Waals surface area contributed by atoms with Crippen LogP contribution in [0, 0.1) is 0 Å². The fourth-order valence-electron chi connectivity index (χ4n) is 1.01. The molecule has 15 heavy (non-hydrogen) atoms. The highest BCUT2D eigenvalue weighted by Crippen LogP contribution is 2.20. The molecule has 0 aromatic heterocycles. The highest BCUT2D eigenvalue weighted by atomic mass is 16.6. The van der Waals surface area contributed by atoms with Gasteiger partial charge in [0.15, 0.2) is 0 Å². The van der Waals surface area contributed by atoms with Gasteiger partial charge in [0.25, 0.3) is 0 Å². The Morgan fingerprint density at radius 2 is 1.53 bits per heavy atom. The minimum absolute atomic E-state index is 0.195. The van der Waals surface area contributed by atoms with Gasteiger partial charge < -0.3 is 10.1 Å². The maximum absolute atomic E-state index is 11.6. The molecule has 0 fully saturated rings. The third-order valence-corrected chi connectivity index (χ3v) is 3.16. The zero-order valence-corrected chi connectivity index (χ0v) is 10.9. The molecule has 0 saturated carbocycles. The Morgan fingerprint density at radius 3 is 1.87 bits per heavy atom. The van der Waals surface area contributed by atoms with E-state index in [2.05, 4.69) is 5.32 Å². The molecule has 0 aromatic carbocycles. The summed E-state index contributed by atoms with van der Waals surface area (Å²) in [6.07, 6.45) is 2.25. The van der Waals surface area contributed by atoms with E-state index in [0.29, 0.717) is 0 Å². The Kier molecular flexibility index (Phi) is 5.12. The van der Waals surface area contributed by atoms with Crippen molar-refractivity contribution in [2.24, 2.45) is 0 Å². The molecule has 0 atom stereocenters. The zero-order valence-electron chi connectivity index (χ0n) is 10.9. The predicted octanol–water partition coefficient (Wildman–Crippen LogP) is 3.48. The molecule has 0 aliphatic carbocycles. The Morgan fingerprint density at radius 1 is 1.07 bits per heavy atom. The second-order valence-electron chi connectivity index (χ2n) is 4.91. The SMILES string of the molecule is CCC(C)(C)NC(=O)OC(C)(CC)CC. The molecule has 0 heterocycles. The number of amides is 1. The van der Waals surface area contributed by atoms with Crippen LogP contribution in [0.4, 0.5) is 4.79 Å². The molecule has 0 bridgehead atoms. The van der Waals surface area contributed by atoms with Crippen LogP contribution in [0.25, 0.3) is 0 Å². The lowest BCUT2D eigenvalue weighted by molar-refractivity contribution is 0.0149. The minimum Gasteiger partial charge on any atom is -0.443 e. The number of rotatable bonds is 5. The van der Waals surface area contributed by atoms with Crippen LogP contribution in [0.5, 0.6) is 0 Å². The van der Waals surface area contributed by atoms with E-state index in [4.69, 9.17) is 4.74 Å². The molecule has 90 valence electrons. The summed E-state index contributed by atoms with van der Waals surface area (Å²) < 4.78 is 5.42. The minimum atomic E-state index is -0.339. The van der Waals surface area contributed by atoms with Crippen LogP contribution in [-0.4, -0.2) is 17.2 Å². The van der Waals surface area contributed by atoms with Gasteiger partial charge in [-0.25, -0.2) is 4.79 Å². The van der Waals surface area contributed by atoms with E-state index < -0.39 is 0 Å². The molecule has 3 heteroatoms. The van der Waals surface area contributed by atoms with E-state index >= 15 is 0 Å². The number of carbonyl (C=O) groups excluding carboxylic acids is 1. The number of hydrogen-bond acceptors (Lipinski definition) is 2. The van der Waals surface area contributed by atoms with Gasteiger partial charge in [-0.15, -0.1) is 0 Å². The van der Waals surface area contributed by atoms with Gasteiger partial charge in [0, 0.05) is 5.54 Å². The Labute approximate surface area is 93.6 Å². The molecule has 0 aromatic rings. The fourth-order valence-corrected chi connectivity index (χ4v) is 1.01. The largest absolute Gasteiger partial charge is 0.443 e. The summed E-state index contributed by atoms with van der Waals surface area (Å²) >= 11 is 0. The lowest BCUT2D eigenvalue weighted by atomic mass is 10.00. The van der Waals surface area contributed by atoms with Crippen LogP contribution in [0.3, 0.4) is 0 Å². The first-order valence-corrected chi connectivity index (χ1v) is 5.79. The summed E-state index contributed by atoms with van der Waals surface area (Å²) in [6, 6.07) is 0. The van der Waals surface area contributed by atoms with Crippen LogP contribution in [0.1, 0.15) is 60.8 Å². The molecule has 0 rings (SSSR count). The van der Waals surface area contributed by atoms with Gasteiger partial charge in [0.2, 0.25) is 0 Å². The standard InChI is InChI=1S/C12H25NO2/c1-7-11(4,5)13-10(14)15-12(6,8-2)9-3/h7-9H2,1-6H3,(H,13,14). The summed E-state index contributed by atoms with van der Waals surface area (Å²) in [7, 11) is 0. The highest BCUT2D eigenvalue weighted by molar-refractivity contribution is 5.68. The zero-order chi connectivity index (χ0) is 12.1. The topological polar surface area (TPSA) is 38.3 Å². The fraction of sp³-hybridized carbons (Fsp3) is 0.917. The molecule has 0 radical (unpaired) electrons. The normalized spacial score (nSPS) is 12.4. The first kappa shape index (κ1) is 14.3.